The molecule has 1 aliphatic rings. The lowest BCUT2D eigenvalue weighted by Crippen LogP contribution is -2.21. The maximum Gasteiger partial charge on any atom is 0.261 e. The lowest BCUT2D eigenvalue weighted by molar-refractivity contribution is 0.0187. The van der Waals surface area contributed by atoms with Gasteiger partial charge >= 0.3 is 0 Å². The Kier molecular flexibility index (Phi) is 6.39. The zero-order valence-corrected chi connectivity index (χ0v) is 11.7. The molecule has 20 heavy (non-hydrogen) atoms. The van der Waals surface area contributed by atoms with Crippen LogP contribution in [0.4, 0.5) is 8.78 Å². The molecule has 6 heteroatoms. The summed E-state index contributed by atoms with van der Waals surface area (Å²) in [6.07, 6.45) is 6.01. The molecule has 1 heterocycles. The summed E-state index contributed by atoms with van der Waals surface area (Å²) in [7, 11) is 0. The largest absolute Gasteiger partial charge is 0.374 e. The van der Waals surface area contributed by atoms with Crippen molar-refractivity contribution >= 4 is 0 Å². The van der Waals surface area contributed by atoms with Gasteiger partial charge in [-0.3, -0.25) is 4.68 Å². The summed E-state index contributed by atoms with van der Waals surface area (Å²) in [6, 6.07) is 2.56. The molecular weight excluding hydrogens is 264 g/mol. The van der Waals surface area contributed by atoms with Crippen molar-refractivity contribution in [1.82, 2.24) is 15.1 Å². The van der Waals surface area contributed by atoms with E-state index in [4.69, 9.17) is 4.74 Å². The lowest BCUT2D eigenvalue weighted by atomic mass is 9.96. The molecule has 1 aromatic rings. The third kappa shape index (κ3) is 5.17. The molecule has 2 rings (SSSR count). The zero-order valence-electron chi connectivity index (χ0n) is 11.7. The van der Waals surface area contributed by atoms with Crippen LogP contribution in [0.5, 0.6) is 0 Å². The minimum atomic E-state index is -2.39. The average Bonchev–Trinajstić information content (AvgIpc) is 2.92. The molecule has 0 amide bonds. The molecule has 114 valence electrons. The fourth-order valence-electron chi connectivity index (χ4n) is 2.55. The van der Waals surface area contributed by atoms with Crippen LogP contribution in [0, 0.1) is 0 Å². The summed E-state index contributed by atoms with van der Waals surface area (Å²) < 4.78 is 30.5. The van der Waals surface area contributed by atoms with Gasteiger partial charge in [-0.1, -0.05) is 19.3 Å². The number of alkyl halides is 2. The monoisotopic (exact) mass is 287 g/mol. The number of rotatable bonds is 8. The van der Waals surface area contributed by atoms with Crippen LogP contribution in [0.15, 0.2) is 12.3 Å². The normalized spacial score (nSPS) is 16.9. The van der Waals surface area contributed by atoms with E-state index >= 15 is 0 Å². The molecule has 0 atom stereocenters. The van der Waals surface area contributed by atoms with Crippen molar-refractivity contribution in [2.45, 2.75) is 51.1 Å². The average molecular weight is 287 g/mol. The number of aromatic nitrogens is 2. The standard InChI is InChI=1S/C14H23F2N3O/c15-14(16)11-20-9-7-17-10-12-6-8-19(18-12)13-4-2-1-3-5-13/h6,8,13-14,17H,1-5,7,9-11H2. The molecule has 1 aromatic heterocycles. The number of ether oxygens (including phenoxy) is 1. The van der Waals surface area contributed by atoms with E-state index < -0.39 is 13.0 Å². The number of hydrogen-bond acceptors (Lipinski definition) is 3. The van der Waals surface area contributed by atoms with Crippen LogP contribution < -0.4 is 5.32 Å². The van der Waals surface area contributed by atoms with E-state index in [2.05, 4.69) is 15.1 Å². The van der Waals surface area contributed by atoms with Crippen molar-refractivity contribution in [3.05, 3.63) is 18.0 Å². The first-order valence-electron chi connectivity index (χ1n) is 7.36. The topological polar surface area (TPSA) is 39.1 Å². The fraction of sp³-hybridized carbons (Fsp3) is 0.786. The van der Waals surface area contributed by atoms with Gasteiger partial charge < -0.3 is 10.1 Å². The molecule has 0 spiro atoms. The Labute approximate surface area is 118 Å². The second-order valence-corrected chi connectivity index (χ2v) is 5.22. The van der Waals surface area contributed by atoms with Crippen LogP contribution in [0.3, 0.4) is 0 Å². The first-order valence-corrected chi connectivity index (χ1v) is 7.36. The van der Waals surface area contributed by atoms with Crippen LogP contribution in [0.25, 0.3) is 0 Å². The highest BCUT2D eigenvalue weighted by Gasteiger charge is 2.15. The van der Waals surface area contributed by atoms with Gasteiger partial charge in [0, 0.05) is 19.3 Å². The van der Waals surface area contributed by atoms with Crippen molar-refractivity contribution in [1.29, 1.82) is 0 Å². The summed E-state index contributed by atoms with van der Waals surface area (Å²) >= 11 is 0. The molecular formula is C14H23F2N3O. The number of nitrogens with zero attached hydrogens (tertiary/aromatic N) is 2. The third-order valence-electron chi connectivity index (χ3n) is 3.59. The summed E-state index contributed by atoms with van der Waals surface area (Å²) in [6.45, 7) is 1.02. The van der Waals surface area contributed by atoms with Crippen LogP contribution in [0.2, 0.25) is 0 Å². The van der Waals surface area contributed by atoms with Gasteiger partial charge in [-0.25, -0.2) is 8.78 Å². The van der Waals surface area contributed by atoms with E-state index in [9.17, 15) is 8.78 Å². The van der Waals surface area contributed by atoms with E-state index in [-0.39, 0.29) is 0 Å². The van der Waals surface area contributed by atoms with Crippen LogP contribution in [-0.2, 0) is 11.3 Å². The van der Waals surface area contributed by atoms with Crippen molar-refractivity contribution in [2.24, 2.45) is 0 Å². The van der Waals surface area contributed by atoms with Crippen LogP contribution >= 0.6 is 0 Å². The predicted octanol–water partition coefficient (Wildman–Crippen LogP) is 2.76. The summed E-state index contributed by atoms with van der Waals surface area (Å²) in [4.78, 5) is 0. The highest BCUT2D eigenvalue weighted by atomic mass is 19.3. The molecule has 0 saturated heterocycles. The Hall–Kier alpha value is -1.01. The molecule has 0 bridgehead atoms. The Bertz CT molecular complexity index is 378. The van der Waals surface area contributed by atoms with Crippen molar-refractivity contribution in [3.8, 4) is 0 Å². The van der Waals surface area contributed by atoms with Gasteiger partial charge in [0.1, 0.15) is 6.61 Å². The van der Waals surface area contributed by atoms with Gasteiger partial charge in [-0.05, 0) is 18.9 Å². The van der Waals surface area contributed by atoms with E-state index in [1.165, 1.54) is 32.1 Å². The summed E-state index contributed by atoms with van der Waals surface area (Å²) in [5.41, 5.74) is 0.990. The van der Waals surface area contributed by atoms with Crippen molar-refractivity contribution in [2.75, 3.05) is 19.8 Å². The second-order valence-electron chi connectivity index (χ2n) is 5.22. The number of nitrogens with one attached hydrogen (secondary N) is 1. The first-order chi connectivity index (χ1) is 9.75. The molecule has 0 aromatic carbocycles. The van der Waals surface area contributed by atoms with Crippen molar-refractivity contribution < 1.29 is 13.5 Å². The minimum Gasteiger partial charge on any atom is -0.374 e. The van der Waals surface area contributed by atoms with Crippen molar-refractivity contribution in [3.63, 3.8) is 0 Å². The minimum absolute atomic E-state index is 0.299. The Morgan fingerprint density at radius 2 is 2.15 bits per heavy atom. The molecule has 0 unspecified atom stereocenters. The fourth-order valence-corrected chi connectivity index (χ4v) is 2.55. The smallest absolute Gasteiger partial charge is 0.261 e. The highest BCUT2D eigenvalue weighted by molar-refractivity contribution is 4.99. The molecule has 1 fully saturated rings. The maximum atomic E-state index is 11.8. The van der Waals surface area contributed by atoms with E-state index in [0.29, 0.717) is 25.7 Å². The van der Waals surface area contributed by atoms with E-state index in [0.717, 1.165) is 5.69 Å². The predicted molar refractivity (Wildman–Crippen MR) is 72.9 cm³/mol. The molecule has 1 aliphatic carbocycles. The summed E-state index contributed by atoms with van der Waals surface area (Å²) in [5, 5.41) is 7.72. The highest BCUT2D eigenvalue weighted by Crippen LogP contribution is 2.27. The maximum absolute atomic E-state index is 11.8. The molecule has 1 saturated carbocycles. The Morgan fingerprint density at radius 3 is 2.90 bits per heavy atom. The quantitative estimate of drug-likeness (QED) is 0.747. The van der Waals surface area contributed by atoms with E-state index in [1.807, 2.05) is 12.3 Å². The second kappa shape index (κ2) is 8.32. The zero-order chi connectivity index (χ0) is 14.2. The van der Waals surface area contributed by atoms with Gasteiger partial charge in [0.05, 0.1) is 18.3 Å². The van der Waals surface area contributed by atoms with Crippen LogP contribution in [-0.4, -0.2) is 36.0 Å². The Morgan fingerprint density at radius 1 is 1.35 bits per heavy atom. The van der Waals surface area contributed by atoms with E-state index in [1.54, 1.807) is 0 Å². The van der Waals surface area contributed by atoms with Gasteiger partial charge in [-0.2, -0.15) is 5.10 Å². The van der Waals surface area contributed by atoms with Gasteiger partial charge in [0.2, 0.25) is 0 Å². The third-order valence-corrected chi connectivity index (χ3v) is 3.59. The van der Waals surface area contributed by atoms with Gasteiger partial charge in [0.25, 0.3) is 6.43 Å². The molecule has 4 nitrogen and oxygen atoms in total. The SMILES string of the molecule is FC(F)COCCNCc1ccn(C2CCCCC2)n1. The Balaban J connectivity index is 1.62. The molecule has 0 aliphatic heterocycles. The first kappa shape index (κ1) is 15.4. The molecule has 0 radical (unpaired) electrons. The van der Waals surface area contributed by atoms with Crippen LogP contribution in [0.1, 0.15) is 43.8 Å². The molecule has 1 N–H and O–H groups in total. The van der Waals surface area contributed by atoms with Gasteiger partial charge in [-0.15, -0.1) is 0 Å². The summed E-state index contributed by atoms with van der Waals surface area (Å²) in [5.74, 6) is 0. The lowest BCUT2D eigenvalue weighted by Gasteiger charge is -2.21. The number of halogens is 2. The van der Waals surface area contributed by atoms with Gasteiger partial charge in [0.15, 0.2) is 0 Å². The number of hydrogen-bond donors (Lipinski definition) is 1.